The van der Waals surface area contributed by atoms with E-state index >= 15 is 0 Å². The smallest absolute Gasteiger partial charge is 0.336 e. The molecule has 0 bridgehead atoms. The first-order valence-corrected chi connectivity index (χ1v) is 12.5. The Hall–Kier alpha value is -3.92. The highest BCUT2D eigenvalue weighted by Gasteiger charge is 2.22. The molecule has 0 spiro atoms. The summed E-state index contributed by atoms with van der Waals surface area (Å²) in [7, 11) is -2.01. The molecule has 0 aliphatic heterocycles. The molecule has 184 valence electrons. The summed E-state index contributed by atoms with van der Waals surface area (Å²) in [5.74, 6) is -0.618. The molecule has 0 unspecified atom stereocenters. The quantitative estimate of drug-likeness (QED) is 0.476. The number of aromatic nitrogens is 2. The Labute approximate surface area is 203 Å². The molecule has 1 aromatic heterocycles. The summed E-state index contributed by atoms with van der Waals surface area (Å²) in [5.41, 5.74) is 1.90. The first kappa shape index (κ1) is 25.7. The zero-order valence-corrected chi connectivity index (χ0v) is 20.9. The molecular formula is C25H27N3O6S. The van der Waals surface area contributed by atoms with Gasteiger partial charge in [0, 0.05) is 34.9 Å². The molecule has 0 amide bonds. The van der Waals surface area contributed by atoms with Gasteiger partial charge in [-0.05, 0) is 35.2 Å². The highest BCUT2D eigenvalue weighted by Crippen LogP contribution is 2.37. The SMILES string of the molecule is COc1c(/C=C/c2ccc(NS(C)(=O)=O)cc2C(=O)O)cc(-n2ccncc2=O)cc1C(C)(C)C. The van der Waals surface area contributed by atoms with E-state index in [-0.39, 0.29) is 22.2 Å². The van der Waals surface area contributed by atoms with Crippen LogP contribution >= 0.6 is 0 Å². The predicted octanol–water partition coefficient (Wildman–Crippen LogP) is 3.78. The maximum absolute atomic E-state index is 12.4. The Morgan fingerprint density at radius 3 is 2.40 bits per heavy atom. The average Bonchev–Trinajstić information content (AvgIpc) is 2.76. The van der Waals surface area contributed by atoms with Gasteiger partial charge in [0.1, 0.15) is 5.75 Å². The molecule has 0 atom stereocenters. The lowest BCUT2D eigenvalue weighted by atomic mass is 9.84. The van der Waals surface area contributed by atoms with Crippen molar-refractivity contribution in [2.45, 2.75) is 26.2 Å². The summed E-state index contributed by atoms with van der Waals surface area (Å²) in [6.45, 7) is 6.06. The number of nitrogens with one attached hydrogen (secondary N) is 1. The van der Waals surface area contributed by atoms with Crippen molar-refractivity contribution in [1.82, 2.24) is 9.55 Å². The highest BCUT2D eigenvalue weighted by atomic mass is 32.2. The topological polar surface area (TPSA) is 128 Å². The number of hydrogen-bond donors (Lipinski definition) is 2. The van der Waals surface area contributed by atoms with Crippen LogP contribution in [0.1, 0.15) is 47.8 Å². The maximum atomic E-state index is 12.4. The Morgan fingerprint density at radius 1 is 1.14 bits per heavy atom. The van der Waals surface area contributed by atoms with Gasteiger partial charge in [-0.25, -0.2) is 13.2 Å². The van der Waals surface area contributed by atoms with Crippen LogP contribution in [0.2, 0.25) is 0 Å². The number of methoxy groups -OCH3 is 1. The van der Waals surface area contributed by atoms with Crippen molar-refractivity contribution >= 4 is 33.8 Å². The van der Waals surface area contributed by atoms with E-state index in [4.69, 9.17) is 4.74 Å². The van der Waals surface area contributed by atoms with Crippen molar-refractivity contribution in [3.63, 3.8) is 0 Å². The maximum Gasteiger partial charge on any atom is 0.336 e. The van der Waals surface area contributed by atoms with E-state index in [0.717, 1.165) is 11.8 Å². The predicted molar refractivity (Wildman–Crippen MR) is 136 cm³/mol. The van der Waals surface area contributed by atoms with Gasteiger partial charge in [0.25, 0.3) is 5.56 Å². The van der Waals surface area contributed by atoms with Gasteiger partial charge < -0.3 is 9.84 Å². The molecule has 0 radical (unpaired) electrons. The zero-order valence-electron chi connectivity index (χ0n) is 20.1. The standard InChI is InChI=1S/C25H27N3O6S/c1-25(2,3)21-14-19(28-11-10-26-15-22(28)29)12-17(23(21)34-4)7-6-16-8-9-18(27-35(5,32)33)13-20(16)24(30)31/h6-15,27H,1-5H3,(H,30,31)/b7-6+. The van der Waals surface area contributed by atoms with E-state index in [1.165, 1.54) is 35.2 Å². The summed E-state index contributed by atoms with van der Waals surface area (Å²) >= 11 is 0. The molecule has 3 rings (SSSR count). The second-order valence-electron chi connectivity index (χ2n) is 8.97. The molecule has 0 aliphatic carbocycles. The Morgan fingerprint density at radius 2 is 1.83 bits per heavy atom. The summed E-state index contributed by atoms with van der Waals surface area (Å²) < 4.78 is 32.5. The molecule has 3 aromatic rings. The number of carboxylic acid groups (broad SMARTS) is 1. The van der Waals surface area contributed by atoms with Crippen molar-refractivity contribution in [3.8, 4) is 11.4 Å². The van der Waals surface area contributed by atoms with Crippen molar-refractivity contribution in [2.24, 2.45) is 0 Å². The van der Waals surface area contributed by atoms with Crippen molar-refractivity contribution in [3.05, 3.63) is 81.5 Å². The molecule has 9 nitrogen and oxygen atoms in total. The summed E-state index contributed by atoms with van der Waals surface area (Å²) in [6.07, 6.45) is 8.61. The van der Waals surface area contributed by atoms with Crippen LogP contribution in [0.25, 0.3) is 17.8 Å². The number of rotatable bonds is 7. The van der Waals surface area contributed by atoms with Crippen LogP contribution in [-0.4, -0.2) is 42.4 Å². The zero-order chi connectivity index (χ0) is 26.0. The lowest BCUT2D eigenvalue weighted by Gasteiger charge is -2.25. The number of anilines is 1. The van der Waals surface area contributed by atoms with E-state index in [2.05, 4.69) is 9.71 Å². The third kappa shape index (κ3) is 6.15. The fourth-order valence-corrected chi connectivity index (χ4v) is 4.14. The number of benzene rings is 2. The van der Waals surface area contributed by atoms with Crippen LogP contribution in [0.5, 0.6) is 5.75 Å². The van der Waals surface area contributed by atoms with Crippen molar-refractivity contribution in [1.29, 1.82) is 0 Å². The number of carbonyl (C=O) groups is 1. The van der Waals surface area contributed by atoms with Gasteiger partial charge in [-0.3, -0.25) is 19.1 Å². The van der Waals surface area contributed by atoms with Crippen LogP contribution < -0.4 is 15.0 Å². The first-order chi connectivity index (χ1) is 16.3. The van der Waals surface area contributed by atoms with Gasteiger partial charge >= 0.3 is 5.97 Å². The van der Waals surface area contributed by atoms with Crippen molar-refractivity contribution < 1.29 is 23.1 Å². The van der Waals surface area contributed by atoms with E-state index in [9.17, 15) is 23.1 Å². The summed E-state index contributed by atoms with van der Waals surface area (Å²) in [5, 5.41) is 9.68. The Balaban J connectivity index is 2.19. The lowest BCUT2D eigenvalue weighted by molar-refractivity contribution is 0.0696. The highest BCUT2D eigenvalue weighted by molar-refractivity contribution is 7.92. The molecule has 10 heteroatoms. The Bertz CT molecular complexity index is 1470. The van der Waals surface area contributed by atoms with Gasteiger partial charge in [-0.2, -0.15) is 0 Å². The third-order valence-corrected chi connectivity index (χ3v) is 5.75. The Kier molecular flexibility index (Phi) is 7.16. The second kappa shape index (κ2) is 9.75. The molecule has 0 saturated heterocycles. The minimum atomic E-state index is -3.56. The number of sulfonamides is 1. The fraction of sp³-hybridized carbons (Fsp3) is 0.240. The van der Waals surface area contributed by atoms with Gasteiger partial charge in [0.2, 0.25) is 10.0 Å². The molecule has 2 aromatic carbocycles. The van der Waals surface area contributed by atoms with E-state index in [1.54, 1.807) is 31.5 Å². The van der Waals surface area contributed by atoms with Crippen molar-refractivity contribution in [2.75, 3.05) is 18.1 Å². The molecule has 0 aliphatic rings. The summed E-state index contributed by atoms with van der Waals surface area (Å²) in [6, 6.07) is 7.91. The number of aromatic carboxylic acids is 1. The van der Waals surface area contributed by atoms with Crippen LogP contribution in [0.3, 0.4) is 0 Å². The number of nitrogens with zero attached hydrogens (tertiary/aromatic N) is 2. The average molecular weight is 498 g/mol. The molecule has 2 N–H and O–H groups in total. The minimum absolute atomic E-state index is 0.0774. The molecule has 35 heavy (non-hydrogen) atoms. The molecule has 0 saturated carbocycles. The summed E-state index contributed by atoms with van der Waals surface area (Å²) in [4.78, 5) is 28.1. The van der Waals surface area contributed by atoms with Gasteiger partial charge in [0.15, 0.2) is 0 Å². The van der Waals surface area contributed by atoms with Crippen LogP contribution in [0, 0.1) is 0 Å². The van der Waals surface area contributed by atoms with E-state index in [1.807, 2.05) is 26.8 Å². The molecular weight excluding hydrogens is 470 g/mol. The molecule has 1 heterocycles. The monoisotopic (exact) mass is 497 g/mol. The number of ether oxygens (including phenoxy) is 1. The minimum Gasteiger partial charge on any atom is -0.496 e. The number of hydrogen-bond acceptors (Lipinski definition) is 6. The van der Waals surface area contributed by atoms with Crippen LogP contribution in [0.15, 0.2) is 53.7 Å². The fourth-order valence-electron chi connectivity index (χ4n) is 3.59. The first-order valence-electron chi connectivity index (χ1n) is 10.6. The number of carboxylic acids is 1. The lowest BCUT2D eigenvalue weighted by Crippen LogP contribution is -2.19. The third-order valence-electron chi connectivity index (χ3n) is 5.15. The normalized spacial score (nSPS) is 12.0. The van der Waals surface area contributed by atoms with E-state index in [0.29, 0.717) is 22.6 Å². The van der Waals surface area contributed by atoms with Gasteiger partial charge in [-0.15, -0.1) is 0 Å². The van der Waals surface area contributed by atoms with Gasteiger partial charge in [0.05, 0.1) is 25.1 Å². The molecule has 0 fully saturated rings. The van der Waals surface area contributed by atoms with E-state index < -0.39 is 16.0 Å². The largest absolute Gasteiger partial charge is 0.496 e. The van der Waals surface area contributed by atoms with Crippen LogP contribution in [-0.2, 0) is 15.4 Å². The second-order valence-corrected chi connectivity index (χ2v) is 10.7. The van der Waals surface area contributed by atoms with Gasteiger partial charge in [-0.1, -0.05) is 39.0 Å². The van der Waals surface area contributed by atoms with Crippen LogP contribution in [0.4, 0.5) is 5.69 Å².